The van der Waals surface area contributed by atoms with E-state index in [-0.39, 0.29) is 47.6 Å². The fourth-order valence-electron chi connectivity index (χ4n) is 10.3. The second kappa shape index (κ2) is 24.3. The van der Waals surface area contributed by atoms with Gasteiger partial charge in [0.25, 0.3) is 21.9 Å². The zero-order chi connectivity index (χ0) is 51.5. The number of rotatable bonds is 26. The van der Waals surface area contributed by atoms with Gasteiger partial charge in [0.1, 0.15) is 6.61 Å². The number of carbonyl (C=O) groups excluding carboxylic acids is 3. The molecule has 0 atom stereocenters. The topological polar surface area (TPSA) is 207 Å². The molecule has 3 aromatic rings. The van der Waals surface area contributed by atoms with E-state index in [1.54, 1.807) is 38.5 Å². The SMILES string of the molecule is COCCOCCNS(=O)(=O)c1ccc(-c2ccc3c(c2)C2(CCCCC2)C(C=CC/C=C2\N(CCCCCC(=O)ON4C(=O)CCC4=O)c4ccc(S(=O)(=O)O)cc4C2(C)C)=[N+]3CCOCCOC)cc1. The molecule has 2 fully saturated rings. The van der Waals surface area contributed by atoms with Gasteiger partial charge in [-0.2, -0.15) is 13.0 Å². The number of imide groups is 1. The lowest BCUT2D eigenvalue weighted by Gasteiger charge is -2.32. The van der Waals surface area contributed by atoms with E-state index in [0.717, 1.165) is 65.9 Å². The van der Waals surface area contributed by atoms with Crippen LogP contribution in [0.15, 0.2) is 94.4 Å². The Morgan fingerprint density at radius 3 is 2.12 bits per heavy atom. The molecule has 1 aliphatic carbocycles. The molecule has 0 radical (unpaired) electrons. The van der Waals surface area contributed by atoms with Gasteiger partial charge in [-0.05, 0) is 91.3 Å². The number of nitrogens with one attached hydrogen (secondary N) is 1. The van der Waals surface area contributed by atoms with Gasteiger partial charge < -0.3 is 28.7 Å². The minimum atomic E-state index is -4.46. The second-order valence-electron chi connectivity index (χ2n) is 19.1. The average molecular weight is 1030 g/mol. The Morgan fingerprint density at radius 1 is 0.778 bits per heavy atom. The van der Waals surface area contributed by atoms with Crippen molar-refractivity contribution in [1.82, 2.24) is 9.79 Å². The minimum absolute atomic E-state index is 0.0272. The van der Waals surface area contributed by atoms with Crippen molar-refractivity contribution in [2.24, 2.45) is 0 Å². The summed E-state index contributed by atoms with van der Waals surface area (Å²) < 4.78 is 87.6. The van der Waals surface area contributed by atoms with Gasteiger partial charge in [-0.3, -0.25) is 14.1 Å². The summed E-state index contributed by atoms with van der Waals surface area (Å²) in [7, 11) is -4.98. The van der Waals surface area contributed by atoms with Crippen molar-refractivity contribution in [3.63, 3.8) is 0 Å². The van der Waals surface area contributed by atoms with Crippen LogP contribution in [0, 0.1) is 0 Å². The molecule has 0 unspecified atom stereocenters. The third-order valence-corrected chi connectivity index (χ3v) is 16.3. The van der Waals surface area contributed by atoms with Crippen molar-refractivity contribution in [3.05, 3.63) is 95.7 Å². The van der Waals surface area contributed by atoms with Crippen molar-refractivity contribution in [3.8, 4) is 11.1 Å². The maximum absolute atomic E-state index is 13.1. The molecule has 1 spiro atoms. The highest BCUT2D eigenvalue weighted by Crippen LogP contribution is 2.51. The first kappa shape index (κ1) is 54.6. The van der Waals surface area contributed by atoms with Gasteiger partial charge in [0.2, 0.25) is 15.7 Å². The Labute approximate surface area is 423 Å². The number of sulfonamides is 1. The zero-order valence-electron chi connectivity index (χ0n) is 41.9. The van der Waals surface area contributed by atoms with Gasteiger partial charge >= 0.3 is 5.97 Å². The number of benzene rings is 3. The highest BCUT2D eigenvalue weighted by atomic mass is 32.2. The Balaban J connectivity index is 1.13. The molecule has 390 valence electrons. The number of unbranched alkanes of at least 4 members (excludes halogenated alkanes) is 2. The fourth-order valence-corrected chi connectivity index (χ4v) is 11.9. The van der Waals surface area contributed by atoms with Crippen LogP contribution in [0.4, 0.5) is 11.4 Å². The third-order valence-electron chi connectivity index (χ3n) is 14.0. The van der Waals surface area contributed by atoms with Crippen LogP contribution in [0.25, 0.3) is 11.1 Å². The maximum atomic E-state index is 13.1. The fraction of sp³-hybridized carbons (Fsp3) is 0.509. The molecule has 72 heavy (non-hydrogen) atoms. The number of amides is 2. The van der Waals surface area contributed by atoms with Gasteiger partial charge in [0.15, 0.2) is 12.3 Å². The number of fused-ring (bicyclic) bond motifs is 3. The van der Waals surface area contributed by atoms with Crippen LogP contribution in [0.2, 0.25) is 0 Å². The van der Waals surface area contributed by atoms with Crippen LogP contribution >= 0.6 is 0 Å². The van der Waals surface area contributed by atoms with Crippen molar-refractivity contribution in [2.75, 3.05) is 78.4 Å². The summed E-state index contributed by atoms with van der Waals surface area (Å²) >= 11 is 0. The van der Waals surface area contributed by atoms with Gasteiger partial charge in [0, 0.05) is 81.1 Å². The van der Waals surface area contributed by atoms with Crippen molar-refractivity contribution in [2.45, 2.75) is 112 Å². The van der Waals surface area contributed by atoms with Crippen LogP contribution in [-0.4, -0.2) is 128 Å². The first-order chi connectivity index (χ1) is 34.5. The minimum Gasteiger partial charge on any atom is -0.382 e. The average Bonchev–Trinajstić information content (AvgIpc) is 3.88. The van der Waals surface area contributed by atoms with E-state index in [0.29, 0.717) is 76.9 Å². The number of hydrogen-bond donors (Lipinski definition) is 2. The molecule has 17 nitrogen and oxygen atoms in total. The maximum Gasteiger partial charge on any atom is 0.333 e. The van der Waals surface area contributed by atoms with E-state index < -0.39 is 43.3 Å². The normalized spacial score (nSPS) is 18.0. The lowest BCUT2D eigenvalue weighted by molar-refractivity contribution is -0.442. The number of methoxy groups -OCH3 is 2. The van der Waals surface area contributed by atoms with Crippen LogP contribution in [0.5, 0.6) is 0 Å². The van der Waals surface area contributed by atoms with Gasteiger partial charge in [-0.25, -0.2) is 17.9 Å². The van der Waals surface area contributed by atoms with Gasteiger partial charge in [-0.15, -0.1) is 5.06 Å². The van der Waals surface area contributed by atoms with Crippen molar-refractivity contribution in [1.29, 1.82) is 0 Å². The molecule has 19 heteroatoms. The molecule has 3 heterocycles. The Kier molecular flexibility index (Phi) is 18.4. The monoisotopic (exact) mass is 1030 g/mol. The molecule has 2 amide bonds. The van der Waals surface area contributed by atoms with Crippen molar-refractivity contribution >= 4 is 55.0 Å². The molecule has 1 saturated heterocycles. The molecule has 7 rings (SSSR count). The van der Waals surface area contributed by atoms with E-state index in [1.165, 1.54) is 17.3 Å². The Morgan fingerprint density at radius 2 is 1.44 bits per heavy atom. The molecule has 1 saturated carbocycles. The predicted octanol–water partition coefficient (Wildman–Crippen LogP) is 7.30. The van der Waals surface area contributed by atoms with Crippen LogP contribution in [0.3, 0.4) is 0 Å². The van der Waals surface area contributed by atoms with Gasteiger partial charge in [-0.1, -0.05) is 63.8 Å². The van der Waals surface area contributed by atoms with Crippen LogP contribution < -0.4 is 9.62 Å². The number of carbonyl (C=O) groups is 3. The summed E-state index contributed by atoms with van der Waals surface area (Å²) in [6.45, 7) is 7.90. The molecular formula is C53H69N4O13S2+. The van der Waals surface area contributed by atoms with Crippen molar-refractivity contribution < 1.29 is 64.1 Å². The largest absolute Gasteiger partial charge is 0.382 e. The number of hydrogen-bond acceptors (Lipinski definition) is 13. The van der Waals surface area contributed by atoms with E-state index in [4.69, 9.17) is 23.8 Å². The lowest BCUT2D eigenvalue weighted by Crippen LogP contribution is -2.37. The first-order valence-corrected chi connectivity index (χ1v) is 27.8. The standard InChI is InChI=1S/C53H68N4O13S2/c1-52(2)43-38-42(72(63,64)65)21-23-45(43)55(29-12-5-7-15-51(60)70-57-49(58)24-25-50(57)59)47(52)13-8-9-14-48-53(26-10-6-11-27-53)44-37-40(18-22-46(44)56(48)30-32-69-36-34-67-4)39-16-19-41(20-17-39)71(61,62)54-28-31-68-35-33-66-3/h9,13-14,16-23,37-38,54H,5-8,10-12,15,24-36H2,1-4H3/p+1/b14-9?,47-13-. The molecule has 4 aliphatic rings. The Hall–Kier alpha value is -5.12. The first-order valence-electron chi connectivity index (χ1n) is 24.9. The number of nitrogens with zero attached hydrogens (tertiary/aromatic N) is 3. The highest BCUT2D eigenvalue weighted by Gasteiger charge is 2.51. The molecule has 0 aromatic heterocycles. The van der Waals surface area contributed by atoms with E-state index in [1.807, 2.05) is 26.0 Å². The predicted molar refractivity (Wildman–Crippen MR) is 271 cm³/mol. The van der Waals surface area contributed by atoms with E-state index in [2.05, 4.69) is 50.6 Å². The highest BCUT2D eigenvalue weighted by molar-refractivity contribution is 7.89. The van der Waals surface area contributed by atoms with Gasteiger partial charge in [0.05, 0.1) is 48.2 Å². The zero-order valence-corrected chi connectivity index (χ0v) is 43.5. The smallest absolute Gasteiger partial charge is 0.333 e. The lowest BCUT2D eigenvalue weighted by atomic mass is 9.67. The second-order valence-corrected chi connectivity index (χ2v) is 22.2. The molecule has 3 aromatic carbocycles. The number of allylic oxidation sites excluding steroid dienone is 4. The summed E-state index contributed by atoms with van der Waals surface area (Å²) in [6, 6.07) is 18.2. The molecular weight excluding hydrogens is 965 g/mol. The summed E-state index contributed by atoms with van der Waals surface area (Å²) in [5.74, 6) is -1.68. The quantitative estimate of drug-likeness (QED) is 0.0350. The summed E-state index contributed by atoms with van der Waals surface area (Å²) in [5, 5.41) is 0.563. The molecule has 3 aliphatic heterocycles. The Bertz CT molecular complexity index is 2750. The number of ether oxygens (including phenoxy) is 4. The van der Waals surface area contributed by atoms with Crippen LogP contribution in [-0.2, 0) is 69.1 Å². The van der Waals surface area contributed by atoms with E-state index >= 15 is 0 Å². The molecule has 2 N–H and O–H groups in total. The molecule has 0 bridgehead atoms. The third kappa shape index (κ3) is 12.6. The summed E-state index contributed by atoms with van der Waals surface area (Å²) in [5.41, 5.74) is 7.10. The van der Waals surface area contributed by atoms with Crippen LogP contribution in [0.1, 0.15) is 102 Å². The number of anilines is 1. The van der Waals surface area contributed by atoms with E-state index in [9.17, 15) is 35.8 Å². The summed E-state index contributed by atoms with van der Waals surface area (Å²) in [6.07, 6.45) is 14.2. The summed E-state index contributed by atoms with van der Waals surface area (Å²) in [4.78, 5) is 43.6. The number of hydroxylamine groups is 2.